The Balaban J connectivity index is 1.87. The highest BCUT2D eigenvalue weighted by Gasteiger charge is 2.28. The molecular weight excluding hydrogens is 510 g/mol. The van der Waals surface area contributed by atoms with Crippen molar-refractivity contribution >= 4 is 48.5 Å². The van der Waals surface area contributed by atoms with Crippen LogP contribution in [0.1, 0.15) is 36.8 Å². The molecule has 0 fully saturated rings. The van der Waals surface area contributed by atoms with Crippen molar-refractivity contribution < 1.29 is 14.3 Å². The summed E-state index contributed by atoms with van der Waals surface area (Å²) in [5.74, 6) is 0.0331. The van der Waals surface area contributed by atoms with Gasteiger partial charge in [-0.2, -0.15) is 5.26 Å². The first kappa shape index (κ1) is 29.7. The quantitative estimate of drug-likeness (QED) is 0.122. The highest BCUT2D eigenvalue weighted by atomic mass is 28.3. The number of nitriles is 1. The molecule has 0 radical (unpaired) electrons. The fourth-order valence-electron chi connectivity index (χ4n) is 3.56. The molecule has 0 spiro atoms. The van der Waals surface area contributed by atoms with Crippen molar-refractivity contribution in [3.63, 3.8) is 0 Å². The van der Waals surface area contributed by atoms with Gasteiger partial charge in [-0.05, 0) is 24.3 Å². The molecule has 0 aromatic carbocycles. The van der Waals surface area contributed by atoms with Gasteiger partial charge < -0.3 is 19.5 Å². The van der Waals surface area contributed by atoms with Gasteiger partial charge in [-0.3, -0.25) is 14.6 Å². The lowest BCUT2D eigenvalue weighted by Gasteiger charge is -2.16. The molecular formula is C28H37N7O3Si. The fourth-order valence-corrected chi connectivity index (χ4v) is 4.32. The Bertz CT molecular complexity index is 1420. The minimum absolute atomic E-state index is 0.00505. The first-order valence-electron chi connectivity index (χ1n) is 12.7. The van der Waals surface area contributed by atoms with Crippen LogP contribution >= 0.6 is 0 Å². The van der Waals surface area contributed by atoms with Crippen LogP contribution in [0.25, 0.3) is 17.2 Å². The minimum Gasteiger partial charge on any atom is -0.361 e. The maximum Gasteiger partial charge on any atom is 0.264 e. The Morgan fingerprint density at radius 2 is 1.90 bits per heavy atom. The molecule has 0 atom stereocenters. The van der Waals surface area contributed by atoms with Crippen molar-refractivity contribution in [2.75, 3.05) is 26.0 Å². The summed E-state index contributed by atoms with van der Waals surface area (Å²) >= 11 is 0. The number of anilines is 2. The standard InChI is InChI=1S/C28H37N7O3Si/c1-28(2,3)25(36)22-17-35(18-38-11-12-39(6,7)8)26-24(22)33-23(16-31-26)32-21-10-9-20(30-15-21)13-19(14-29)27(37)34(4)5/h9-10,13,15-17H,11-12,18H2,1-8H3,(H,32,33)/b19-13+. The van der Waals surface area contributed by atoms with E-state index in [2.05, 4.69) is 34.9 Å². The third-order valence-corrected chi connectivity index (χ3v) is 7.53. The molecule has 0 bridgehead atoms. The zero-order valence-electron chi connectivity index (χ0n) is 24.0. The van der Waals surface area contributed by atoms with E-state index < -0.39 is 13.5 Å². The minimum atomic E-state index is -1.22. The fraction of sp³-hybridized carbons (Fsp3) is 0.429. The van der Waals surface area contributed by atoms with Crippen molar-refractivity contribution in [1.29, 1.82) is 5.26 Å². The maximum atomic E-state index is 13.3. The summed E-state index contributed by atoms with van der Waals surface area (Å²) < 4.78 is 7.76. The summed E-state index contributed by atoms with van der Waals surface area (Å²) in [6.45, 7) is 13.5. The van der Waals surface area contributed by atoms with Crippen molar-refractivity contribution in [1.82, 2.24) is 24.4 Å². The van der Waals surface area contributed by atoms with Gasteiger partial charge in [-0.15, -0.1) is 0 Å². The molecule has 3 aromatic heterocycles. The number of nitrogens with one attached hydrogen (secondary N) is 1. The number of pyridine rings is 1. The molecule has 206 valence electrons. The number of ether oxygens (including phenoxy) is 1. The van der Waals surface area contributed by atoms with Crippen LogP contribution in [0.2, 0.25) is 25.7 Å². The lowest BCUT2D eigenvalue weighted by atomic mass is 9.87. The van der Waals surface area contributed by atoms with E-state index in [1.54, 1.807) is 44.8 Å². The summed E-state index contributed by atoms with van der Waals surface area (Å²) in [5.41, 5.74) is 2.09. The molecule has 0 aliphatic carbocycles. The lowest BCUT2D eigenvalue weighted by Crippen LogP contribution is -2.22. The lowest BCUT2D eigenvalue weighted by molar-refractivity contribution is -0.124. The number of nitrogens with zero attached hydrogens (tertiary/aromatic N) is 6. The number of amides is 1. The van der Waals surface area contributed by atoms with E-state index in [1.165, 1.54) is 11.0 Å². The topological polar surface area (TPSA) is 126 Å². The van der Waals surface area contributed by atoms with E-state index in [-0.39, 0.29) is 17.3 Å². The first-order valence-corrected chi connectivity index (χ1v) is 16.5. The van der Waals surface area contributed by atoms with Gasteiger partial charge in [0, 0.05) is 40.4 Å². The van der Waals surface area contributed by atoms with Crippen LogP contribution in [0.5, 0.6) is 0 Å². The summed E-state index contributed by atoms with van der Waals surface area (Å²) in [7, 11) is 1.95. The average Bonchev–Trinajstić information content (AvgIpc) is 3.21. The average molecular weight is 548 g/mol. The summed E-state index contributed by atoms with van der Waals surface area (Å²) in [4.78, 5) is 40.3. The van der Waals surface area contributed by atoms with Crippen LogP contribution in [0.15, 0.2) is 36.3 Å². The number of rotatable bonds is 10. The van der Waals surface area contributed by atoms with Crippen molar-refractivity contribution in [2.45, 2.75) is 53.2 Å². The van der Waals surface area contributed by atoms with Crippen LogP contribution in [0, 0.1) is 16.7 Å². The summed E-state index contributed by atoms with van der Waals surface area (Å²) in [5, 5.41) is 12.5. The second-order valence-corrected chi connectivity index (χ2v) is 17.5. The maximum absolute atomic E-state index is 13.3. The van der Waals surface area contributed by atoms with Crippen LogP contribution in [-0.4, -0.2) is 64.9 Å². The zero-order chi connectivity index (χ0) is 29.0. The van der Waals surface area contributed by atoms with E-state index in [1.807, 2.05) is 31.4 Å². The highest BCUT2D eigenvalue weighted by molar-refractivity contribution is 6.76. The predicted molar refractivity (Wildman–Crippen MR) is 155 cm³/mol. The van der Waals surface area contributed by atoms with E-state index in [0.29, 0.717) is 47.3 Å². The Kier molecular flexibility index (Phi) is 9.04. The predicted octanol–water partition coefficient (Wildman–Crippen LogP) is 5.11. The van der Waals surface area contributed by atoms with Gasteiger partial charge in [0.1, 0.15) is 29.7 Å². The third kappa shape index (κ3) is 7.81. The second-order valence-electron chi connectivity index (χ2n) is 11.8. The van der Waals surface area contributed by atoms with Gasteiger partial charge in [-0.25, -0.2) is 9.97 Å². The van der Waals surface area contributed by atoms with Crippen LogP contribution < -0.4 is 5.32 Å². The number of carbonyl (C=O) groups excluding carboxylic acids is 2. The molecule has 0 saturated heterocycles. The zero-order valence-corrected chi connectivity index (χ0v) is 25.0. The molecule has 0 aliphatic heterocycles. The molecule has 10 nitrogen and oxygen atoms in total. The molecule has 39 heavy (non-hydrogen) atoms. The SMILES string of the molecule is CN(C)C(=O)/C(C#N)=C/c1ccc(Nc2cnc3c(n2)c(C(=O)C(C)(C)C)cn3COCC[Si](C)(C)C)cn1. The number of Topliss-reactive ketones (excluding diaryl/α,β-unsaturated/α-hetero) is 1. The monoisotopic (exact) mass is 547 g/mol. The second kappa shape index (κ2) is 11.9. The van der Waals surface area contributed by atoms with Gasteiger partial charge >= 0.3 is 0 Å². The van der Waals surface area contributed by atoms with Crippen LogP contribution in [0.4, 0.5) is 11.5 Å². The van der Waals surface area contributed by atoms with Gasteiger partial charge in [0.05, 0.1) is 29.3 Å². The molecule has 3 heterocycles. The molecule has 11 heteroatoms. The van der Waals surface area contributed by atoms with E-state index in [9.17, 15) is 14.9 Å². The van der Waals surface area contributed by atoms with Gasteiger partial charge in [0.2, 0.25) is 0 Å². The number of carbonyl (C=O) groups is 2. The van der Waals surface area contributed by atoms with Crippen LogP contribution in [-0.2, 0) is 16.3 Å². The normalized spacial score (nSPS) is 12.3. The van der Waals surface area contributed by atoms with Gasteiger partial charge in [-0.1, -0.05) is 40.4 Å². The van der Waals surface area contributed by atoms with E-state index in [4.69, 9.17) is 9.72 Å². The molecule has 0 saturated carbocycles. The molecule has 1 amide bonds. The van der Waals surface area contributed by atoms with Gasteiger partial charge in [0.15, 0.2) is 11.4 Å². The third-order valence-electron chi connectivity index (χ3n) is 5.83. The largest absolute Gasteiger partial charge is 0.361 e. The van der Waals surface area contributed by atoms with Crippen molar-refractivity contribution in [2.24, 2.45) is 5.41 Å². The van der Waals surface area contributed by atoms with Crippen molar-refractivity contribution in [3.8, 4) is 6.07 Å². The number of likely N-dealkylation sites (N-methyl/N-ethyl adjacent to an activating group) is 1. The molecule has 1 N–H and O–H groups in total. The Labute approximate surface area is 230 Å². The van der Waals surface area contributed by atoms with Gasteiger partial charge in [0.25, 0.3) is 5.91 Å². The first-order chi connectivity index (χ1) is 18.2. The molecule has 0 aliphatic rings. The smallest absolute Gasteiger partial charge is 0.264 e. The van der Waals surface area contributed by atoms with E-state index >= 15 is 0 Å². The number of hydrogen-bond donors (Lipinski definition) is 1. The summed E-state index contributed by atoms with van der Waals surface area (Å²) in [6, 6.07) is 6.41. The number of fused-ring (bicyclic) bond motifs is 1. The Morgan fingerprint density at radius 1 is 1.18 bits per heavy atom. The molecule has 3 aromatic rings. The number of hydrogen-bond acceptors (Lipinski definition) is 8. The highest BCUT2D eigenvalue weighted by Crippen LogP contribution is 2.28. The van der Waals surface area contributed by atoms with E-state index in [0.717, 1.165) is 6.04 Å². The van der Waals surface area contributed by atoms with Crippen molar-refractivity contribution in [3.05, 3.63) is 47.6 Å². The number of ketones is 1. The summed E-state index contributed by atoms with van der Waals surface area (Å²) in [6.07, 6.45) is 6.40. The van der Waals surface area contributed by atoms with Crippen LogP contribution in [0.3, 0.4) is 0 Å². The Hall–Kier alpha value is -3.88. The number of aromatic nitrogens is 4. The molecule has 3 rings (SSSR count). The molecule has 0 unspecified atom stereocenters. The Morgan fingerprint density at radius 3 is 2.46 bits per heavy atom.